The van der Waals surface area contributed by atoms with Crippen molar-refractivity contribution in [1.82, 2.24) is 0 Å². The molecule has 0 aromatic rings. The van der Waals surface area contributed by atoms with E-state index in [2.05, 4.69) is 25.0 Å². The van der Waals surface area contributed by atoms with Crippen LogP contribution in [-0.4, -0.2) is 31.9 Å². The molecule has 4 fully saturated rings. The van der Waals surface area contributed by atoms with Gasteiger partial charge in [-0.1, -0.05) is 13.8 Å². The van der Waals surface area contributed by atoms with Crippen LogP contribution < -0.4 is 0 Å². The Morgan fingerprint density at radius 3 is 2.41 bits per heavy atom. The second-order valence-electron chi connectivity index (χ2n) is 11.2. The summed E-state index contributed by atoms with van der Waals surface area (Å²) in [6.07, 6.45) is 9.42. The second kappa shape index (κ2) is 7.22. The summed E-state index contributed by atoms with van der Waals surface area (Å²) in [5, 5.41) is 10.6. The van der Waals surface area contributed by atoms with Crippen molar-refractivity contribution in [3.8, 4) is 0 Å². The molecule has 2 N–H and O–H groups in total. The molecule has 0 amide bonds. The van der Waals surface area contributed by atoms with Gasteiger partial charge in [-0.15, -0.1) is 0 Å². The second-order valence-corrected chi connectivity index (χ2v) is 13.5. The average molecular weight is 445 g/mol. The van der Waals surface area contributed by atoms with Gasteiger partial charge in [0.1, 0.15) is 6.61 Å². The maximum Gasteiger partial charge on any atom is 0.266 e. The van der Waals surface area contributed by atoms with Crippen molar-refractivity contribution in [3.05, 3.63) is 0 Å². The van der Waals surface area contributed by atoms with Crippen LogP contribution in [0.4, 0.5) is 0 Å². The predicted octanol–water partition coefficient (Wildman–Crippen LogP) is 4.12. The molecular weight excluding hydrogens is 408 g/mol. The summed E-state index contributed by atoms with van der Waals surface area (Å²) < 4.78 is 25.2. The zero-order valence-electron chi connectivity index (χ0n) is 17.9. The van der Waals surface area contributed by atoms with E-state index in [-0.39, 0.29) is 23.7 Å². The zero-order valence-corrected chi connectivity index (χ0v) is 19.5. The lowest BCUT2D eigenvalue weighted by atomic mass is 9.44. The molecule has 29 heavy (non-hydrogen) atoms. The predicted molar refractivity (Wildman–Crippen MR) is 115 cm³/mol. The molecule has 0 spiro atoms. The van der Waals surface area contributed by atoms with E-state index in [1.807, 2.05) is 6.92 Å². The molecule has 0 aliphatic heterocycles. The molecule has 0 radical (unpaired) electrons. The van der Waals surface area contributed by atoms with Crippen molar-refractivity contribution in [1.29, 1.82) is 0 Å². The first-order valence-corrected chi connectivity index (χ1v) is 13.6. The van der Waals surface area contributed by atoms with Crippen LogP contribution in [0.5, 0.6) is 0 Å². The summed E-state index contributed by atoms with van der Waals surface area (Å²) in [5.74, 6) is 2.32. The van der Waals surface area contributed by atoms with Crippen LogP contribution in [0.1, 0.15) is 78.6 Å². The third-order valence-electron chi connectivity index (χ3n) is 9.69. The summed E-state index contributed by atoms with van der Waals surface area (Å²) in [6, 6.07) is 0. The van der Waals surface area contributed by atoms with Crippen LogP contribution in [0.25, 0.3) is 0 Å². The minimum Gasteiger partial charge on any atom is -0.390 e. The number of carbonyl (C=O) groups is 1. The van der Waals surface area contributed by atoms with Crippen molar-refractivity contribution >= 4 is 26.0 Å². The third-order valence-corrected chi connectivity index (χ3v) is 10.4. The molecule has 5 nitrogen and oxygen atoms in total. The molecular formula is C22H36O5S2. The molecule has 0 aromatic heterocycles. The number of hydrogen-bond acceptors (Lipinski definition) is 5. The number of carbonyl (C=O) groups excluding carboxylic acids is 1. The monoisotopic (exact) mass is 444 g/mol. The van der Waals surface area contributed by atoms with E-state index in [0.29, 0.717) is 29.1 Å². The van der Waals surface area contributed by atoms with Gasteiger partial charge in [0, 0.05) is 17.1 Å². The van der Waals surface area contributed by atoms with E-state index in [1.165, 1.54) is 12.8 Å². The van der Waals surface area contributed by atoms with Gasteiger partial charge in [0.25, 0.3) is 9.05 Å². The van der Waals surface area contributed by atoms with Gasteiger partial charge in [-0.05, 0) is 99.2 Å². The number of rotatable bonds is 4. The van der Waals surface area contributed by atoms with E-state index in [4.69, 9.17) is 4.18 Å². The van der Waals surface area contributed by atoms with Gasteiger partial charge < -0.3 is 5.11 Å². The zero-order chi connectivity index (χ0) is 21.2. The van der Waals surface area contributed by atoms with Gasteiger partial charge in [0.2, 0.25) is 0 Å². The molecule has 0 saturated heterocycles. The molecule has 7 heteroatoms. The fourth-order valence-electron chi connectivity index (χ4n) is 8.19. The quantitative estimate of drug-likeness (QED) is 0.679. The Labute approximate surface area is 180 Å². The van der Waals surface area contributed by atoms with Crippen LogP contribution in [0.2, 0.25) is 0 Å². The first kappa shape index (κ1) is 22.1. The number of aliphatic hydroxyl groups is 1. The summed E-state index contributed by atoms with van der Waals surface area (Å²) in [5.41, 5.74) is -0.244. The van der Waals surface area contributed by atoms with Gasteiger partial charge in [-0.3, -0.25) is 13.5 Å². The van der Waals surface area contributed by atoms with Crippen LogP contribution in [0.3, 0.4) is 0 Å². The molecule has 4 aliphatic carbocycles. The molecule has 4 unspecified atom stereocenters. The minimum atomic E-state index is -3.76. The van der Waals surface area contributed by atoms with E-state index in [1.54, 1.807) is 0 Å². The first-order chi connectivity index (χ1) is 13.4. The van der Waals surface area contributed by atoms with Crippen LogP contribution in [0, 0.1) is 40.4 Å². The summed E-state index contributed by atoms with van der Waals surface area (Å²) in [7, 11) is -3.76. The summed E-state index contributed by atoms with van der Waals surface area (Å²) in [4.78, 5) is 12.8. The molecule has 0 bridgehead atoms. The van der Waals surface area contributed by atoms with Crippen LogP contribution in [-0.2, 0) is 29.2 Å². The molecule has 4 aliphatic rings. The van der Waals surface area contributed by atoms with E-state index >= 15 is 0 Å². The van der Waals surface area contributed by atoms with E-state index < -0.39 is 14.7 Å². The number of Topliss-reactive ketones (excluding diaryl/α,β-unsaturated/α-hetero) is 1. The average Bonchev–Trinajstić information content (AvgIpc) is 2.97. The van der Waals surface area contributed by atoms with Crippen molar-refractivity contribution in [2.45, 2.75) is 84.2 Å². The highest BCUT2D eigenvalue weighted by Crippen LogP contribution is 2.68. The normalized spacial score (nSPS) is 51.4. The highest BCUT2D eigenvalue weighted by atomic mass is 32.9. The fraction of sp³-hybridized carbons (Fsp3) is 0.955. The summed E-state index contributed by atoms with van der Waals surface area (Å²) in [6.45, 7) is 6.39. The van der Waals surface area contributed by atoms with Crippen LogP contribution >= 0.6 is 0 Å². The maximum absolute atomic E-state index is 12.8. The molecule has 166 valence electrons. The first-order valence-electron chi connectivity index (χ1n) is 11.2. The van der Waals surface area contributed by atoms with Gasteiger partial charge in [0.15, 0.2) is 5.78 Å². The maximum atomic E-state index is 12.8. The van der Waals surface area contributed by atoms with Crippen molar-refractivity contribution in [3.63, 3.8) is 0 Å². The van der Waals surface area contributed by atoms with E-state index in [9.17, 15) is 18.7 Å². The molecule has 0 aromatic carbocycles. The largest absolute Gasteiger partial charge is 0.390 e. The van der Waals surface area contributed by atoms with Crippen molar-refractivity contribution < 1.29 is 22.8 Å². The SMILES string of the molecule is C[C@@]1(O)CC[C@]2(C)C3CC[C@@]4(C)C(CC[C@@H]4C(=O)COS(=O)(O)=S)C3CC[C@H]2C1. The number of hydrogen-bond donors (Lipinski definition) is 2. The molecule has 0 heterocycles. The third kappa shape index (κ3) is 3.84. The van der Waals surface area contributed by atoms with Gasteiger partial charge in [-0.2, -0.15) is 4.21 Å². The Balaban J connectivity index is 1.51. The smallest absolute Gasteiger partial charge is 0.266 e. The minimum absolute atomic E-state index is 0.0389. The Hall–Kier alpha value is -0.0800. The topological polar surface area (TPSA) is 83.8 Å². The highest BCUT2D eigenvalue weighted by molar-refractivity contribution is 8.27. The number of ketones is 1. The van der Waals surface area contributed by atoms with Crippen LogP contribution in [0.15, 0.2) is 0 Å². The Bertz CT molecular complexity index is 778. The Morgan fingerprint density at radius 2 is 1.72 bits per heavy atom. The summed E-state index contributed by atoms with van der Waals surface area (Å²) >= 11 is 4.37. The Morgan fingerprint density at radius 1 is 1.03 bits per heavy atom. The molecule has 4 saturated carbocycles. The lowest BCUT2D eigenvalue weighted by Crippen LogP contribution is -2.55. The molecule has 9 atom stereocenters. The van der Waals surface area contributed by atoms with Gasteiger partial charge in [0.05, 0.1) is 5.60 Å². The fourth-order valence-corrected chi connectivity index (χ4v) is 8.60. The van der Waals surface area contributed by atoms with Gasteiger partial charge >= 0.3 is 0 Å². The Kier molecular flexibility index (Phi) is 5.51. The van der Waals surface area contributed by atoms with Crippen molar-refractivity contribution in [2.75, 3.05) is 6.61 Å². The van der Waals surface area contributed by atoms with E-state index in [0.717, 1.165) is 44.9 Å². The lowest BCUT2D eigenvalue weighted by Gasteiger charge is -2.61. The molecule has 4 rings (SSSR count). The highest BCUT2D eigenvalue weighted by Gasteiger charge is 2.61. The number of fused-ring (bicyclic) bond motifs is 5. The lowest BCUT2D eigenvalue weighted by molar-refractivity contribution is -0.151. The van der Waals surface area contributed by atoms with Gasteiger partial charge in [-0.25, -0.2) is 0 Å². The van der Waals surface area contributed by atoms with Crippen molar-refractivity contribution in [2.24, 2.45) is 40.4 Å². The standard InChI is InChI=1S/C22H36O5S2/c1-20(24)10-11-21(2)14(12-20)4-5-15-16-6-7-18(19(23)13-27-29(25,26)28)22(16,3)9-8-17(15)21/h14-18,24H,4-13H2,1-3H3,(H,25,26,28)/t14-,15?,16?,17?,18+,20+,21-,22-/m0/s1.